The monoisotopic (exact) mass is 374 g/mol. The molecule has 4 fully saturated rings. The van der Waals surface area contributed by atoms with Gasteiger partial charge in [0.15, 0.2) is 0 Å². The van der Waals surface area contributed by atoms with Gasteiger partial charge in [0.1, 0.15) is 10.7 Å². The molecule has 0 aromatic carbocycles. The molecule has 0 spiro atoms. The van der Waals surface area contributed by atoms with Crippen molar-refractivity contribution >= 4 is 33.3 Å². The quantitative estimate of drug-likeness (QED) is 0.786. The average Bonchev–Trinajstić information content (AvgIpc) is 2.80. The van der Waals surface area contributed by atoms with Crippen molar-refractivity contribution < 1.29 is 0 Å². The SMILES string of the molecule is Cc1sc2nc([C@@H](C)SC34CC5CC(CC(C5)C3)C4)[nH]c(=O)c2c1C. The number of thiophene rings is 1. The zero-order valence-electron chi connectivity index (χ0n) is 15.2. The van der Waals surface area contributed by atoms with Gasteiger partial charge in [0.05, 0.1) is 10.6 Å². The van der Waals surface area contributed by atoms with Crippen molar-refractivity contribution in [3.05, 3.63) is 26.6 Å². The van der Waals surface area contributed by atoms with Crippen LogP contribution in [0.3, 0.4) is 0 Å². The van der Waals surface area contributed by atoms with E-state index in [9.17, 15) is 4.79 Å². The molecule has 6 rings (SSSR count). The van der Waals surface area contributed by atoms with E-state index in [4.69, 9.17) is 4.98 Å². The molecular weight excluding hydrogens is 348 g/mol. The molecule has 1 atom stereocenters. The molecule has 2 heterocycles. The Balaban J connectivity index is 1.46. The van der Waals surface area contributed by atoms with Crippen LogP contribution in [0.2, 0.25) is 0 Å². The Morgan fingerprint density at radius 1 is 1.16 bits per heavy atom. The molecule has 1 N–H and O–H groups in total. The summed E-state index contributed by atoms with van der Waals surface area (Å²) in [7, 11) is 0. The summed E-state index contributed by atoms with van der Waals surface area (Å²) in [6.07, 6.45) is 8.59. The van der Waals surface area contributed by atoms with Gasteiger partial charge in [0.25, 0.3) is 5.56 Å². The Hall–Kier alpha value is -0.810. The fourth-order valence-corrected chi connectivity index (χ4v) is 9.08. The fourth-order valence-electron chi connectivity index (χ4n) is 6.07. The van der Waals surface area contributed by atoms with Gasteiger partial charge in [-0.3, -0.25) is 4.79 Å². The van der Waals surface area contributed by atoms with Gasteiger partial charge < -0.3 is 4.98 Å². The number of hydrogen-bond donors (Lipinski definition) is 1. The van der Waals surface area contributed by atoms with Crippen LogP contribution in [0.5, 0.6) is 0 Å². The van der Waals surface area contributed by atoms with Crippen LogP contribution in [0.25, 0.3) is 10.2 Å². The summed E-state index contributed by atoms with van der Waals surface area (Å²) in [6.45, 7) is 6.34. The number of thioether (sulfide) groups is 1. The second kappa shape index (κ2) is 5.59. The molecule has 0 aliphatic heterocycles. The van der Waals surface area contributed by atoms with Crippen molar-refractivity contribution in [1.29, 1.82) is 0 Å². The van der Waals surface area contributed by atoms with E-state index in [1.165, 1.54) is 43.4 Å². The summed E-state index contributed by atoms with van der Waals surface area (Å²) in [6, 6.07) is 0. The van der Waals surface area contributed by atoms with Crippen molar-refractivity contribution in [3.8, 4) is 0 Å². The number of aromatic nitrogens is 2. The maximum Gasteiger partial charge on any atom is 0.259 e. The van der Waals surface area contributed by atoms with Crippen molar-refractivity contribution in [2.24, 2.45) is 17.8 Å². The van der Waals surface area contributed by atoms with Crippen LogP contribution in [-0.4, -0.2) is 14.7 Å². The van der Waals surface area contributed by atoms with E-state index in [0.29, 0.717) is 4.75 Å². The highest BCUT2D eigenvalue weighted by molar-refractivity contribution is 8.00. The van der Waals surface area contributed by atoms with E-state index in [2.05, 4.69) is 30.6 Å². The molecule has 2 aromatic heterocycles. The fraction of sp³-hybridized carbons (Fsp3) is 0.700. The highest BCUT2D eigenvalue weighted by Crippen LogP contribution is 2.62. The molecule has 4 saturated carbocycles. The van der Waals surface area contributed by atoms with Crippen LogP contribution in [0, 0.1) is 31.6 Å². The van der Waals surface area contributed by atoms with Crippen LogP contribution in [0.15, 0.2) is 4.79 Å². The molecule has 5 heteroatoms. The van der Waals surface area contributed by atoms with Gasteiger partial charge in [0.2, 0.25) is 0 Å². The van der Waals surface area contributed by atoms with Crippen molar-refractivity contribution in [2.75, 3.05) is 0 Å². The van der Waals surface area contributed by atoms with E-state index >= 15 is 0 Å². The molecule has 25 heavy (non-hydrogen) atoms. The first-order valence-corrected chi connectivity index (χ1v) is 11.3. The minimum absolute atomic E-state index is 0.0415. The van der Waals surface area contributed by atoms with Crippen LogP contribution in [0.1, 0.15) is 67.0 Å². The van der Waals surface area contributed by atoms with Gasteiger partial charge >= 0.3 is 0 Å². The van der Waals surface area contributed by atoms with Crippen molar-refractivity contribution in [2.45, 2.75) is 69.3 Å². The minimum atomic E-state index is 0.0415. The number of rotatable bonds is 3. The third-order valence-corrected chi connectivity index (χ3v) is 9.53. The second-order valence-electron chi connectivity index (χ2n) is 8.78. The van der Waals surface area contributed by atoms with Gasteiger partial charge in [-0.15, -0.1) is 23.1 Å². The average molecular weight is 375 g/mol. The normalized spacial score (nSPS) is 34.8. The summed E-state index contributed by atoms with van der Waals surface area (Å²) >= 11 is 3.76. The van der Waals surface area contributed by atoms with Gasteiger partial charge in [0, 0.05) is 9.62 Å². The lowest BCUT2D eigenvalue weighted by molar-refractivity contribution is 0.0381. The van der Waals surface area contributed by atoms with Crippen LogP contribution in [0.4, 0.5) is 0 Å². The Kier molecular flexibility index (Phi) is 3.66. The maximum atomic E-state index is 12.6. The summed E-state index contributed by atoms with van der Waals surface area (Å²) in [5, 5.41) is 1.05. The zero-order chi connectivity index (χ0) is 17.3. The first-order chi connectivity index (χ1) is 11.9. The van der Waals surface area contributed by atoms with Gasteiger partial charge in [-0.05, 0) is 82.6 Å². The number of nitrogens with zero attached hydrogens (tertiary/aromatic N) is 1. The van der Waals surface area contributed by atoms with Crippen molar-refractivity contribution in [3.63, 3.8) is 0 Å². The number of aromatic amines is 1. The van der Waals surface area contributed by atoms with Crippen LogP contribution < -0.4 is 5.56 Å². The number of hydrogen-bond acceptors (Lipinski definition) is 4. The predicted octanol–water partition coefficient (Wildman–Crippen LogP) is 5.36. The lowest BCUT2D eigenvalue weighted by Gasteiger charge is -2.57. The summed E-state index contributed by atoms with van der Waals surface area (Å²) in [5.74, 6) is 3.76. The third kappa shape index (κ3) is 2.61. The molecule has 0 radical (unpaired) electrons. The molecule has 4 aliphatic rings. The highest BCUT2D eigenvalue weighted by atomic mass is 32.2. The maximum absolute atomic E-state index is 12.6. The standard InChI is InChI=1S/C20H26N2OS2/c1-10-11(2)24-19-16(10)18(23)21-17(22-19)12(3)25-20-7-13-4-14(8-20)6-15(5-13)9-20/h12-15H,4-9H2,1-3H3,(H,21,22,23)/t12-,13?,14?,15?,20?/m1/s1. The Morgan fingerprint density at radius 3 is 2.36 bits per heavy atom. The minimum Gasteiger partial charge on any atom is -0.309 e. The lowest BCUT2D eigenvalue weighted by atomic mass is 9.56. The van der Waals surface area contributed by atoms with Gasteiger partial charge in [-0.25, -0.2) is 4.98 Å². The molecule has 3 nitrogen and oxygen atoms in total. The first-order valence-electron chi connectivity index (χ1n) is 9.60. The molecule has 2 aromatic rings. The summed E-state index contributed by atoms with van der Waals surface area (Å²) in [4.78, 5) is 22.7. The third-order valence-electron chi connectivity index (χ3n) is 6.85. The molecular formula is C20H26N2OS2. The molecule has 0 amide bonds. The van der Waals surface area contributed by atoms with Gasteiger partial charge in [-0.1, -0.05) is 0 Å². The summed E-state index contributed by atoms with van der Waals surface area (Å²) in [5.41, 5.74) is 1.13. The van der Waals surface area contributed by atoms with Crippen LogP contribution >= 0.6 is 23.1 Å². The number of aryl methyl sites for hydroxylation is 2. The molecule has 0 saturated heterocycles. The summed E-state index contributed by atoms with van der Waals surface area (Å²) < 4.78 is 0.447. The largest absolute Gasteiger partial charge is 0.309 e. The number of nitrogens with one attached hydrogen (secondary N) is 1. The van der Waals surface area contributed by atoms with Crippen LogP contribution in [-0.2, 0) is 0 Å². The number of H-pyrrole nitrogens is 1. The van der Waals surface area contributed by atoms with E-state index in [-0.39, 0.29) is 10.8 Å². The molecule has 4 aliphatic carbocycles. The number of fused-ring (bicyclic) bond motifs is 1. The zero-order valence-corrected chi connectivity index (χ0v) is 16.9. The first kappa shape index (κ1) is 16.4. The smallest absolute Gasteiger partial charge is 0.259 e. The van der Waals surface area contributed by atoms with E-state index < -0.39 is 0 Å². The Morgan fingerprint density at radius 2 is 1.76 bits per heavy atom. The van der Waals surface area contributed by atoms with E-state index in [1.54, 1.807) is 11.3 Å². The Bertz CT molecular complexity index is 862. The predicted molar refractivity (Wildman–Crippen MR) is 107 cm³/mol. The molecule has 0 unspecified atom stereocenters. The molecule has 4 bridgehead atoms. The van der Waals surface area contributed by atoms with Gasteiger partial charge in [-0.2, -0.15) is 0 Å². The Labute approximate surface area is 157 Å². The highest BCUT2D eigenvalue weighted by Gasteiger charge is 2.51. The van der Waals surface area contributed by atoms with Crippen molar-refractivity contribution in [1.82, 2.24) is 9.97 Å². The topological polar surface area (TPSA) is 45.8 Å². The second-order valence-corrected chi connectivity index (χ2v) is 11.8. The lowest BCUT2D eigenvalue weighted by Crippen LogP contribution is -2.48. The van der Waals surface area contributed by atoms with E-state index in [1.807, 2.05) is 6.92 Å². The van der Waals surface area contributed by atoms with E-state index in [0.717, 1.165) is 39.4 Å². The molecule has 134 valence electrons.